The first kappa shape index (κ1) is 11.7. The van der Waals surface area contributed by atoms with Crippen LogP contribution in [0.25, 0.3) is 0 Å². The Bertz CT molecular complexity index is 264. The van der Waals surface area contributed by atoms with Crippen molar-refractivity contribution in [1.82, 2.24) is 0 Å². The molecular weight excluding hydrogens is 194 g/mol. The van der Waals surface area contributed by atoms with Gasteiger partial charge in [0, 0.05) is 6.42 Å². The van der Waals surface area contributed by atoms with Gasteiger partial charge < -0.3 is 9.16 Å². The molecule has 0 aliphatic carbocycles. The monoisotopic (exact) mass is 213 g/mol. The van der Waals surface area contributed by atoms with Gasteiger partial charge in [-0.2, -0.15) is 5.26 Å². The van der Waals surface area contributed by atoms with E-state index in [1.807, 2.05) is 13.8 Å². The van der Waals surface area contributed by atoms with Crippen molar-refractivity contribution in [2.24, 2.45) is 0 Å². The van der Waals surface area contributed by atoms with Crippen LogP contribution in [0.5, 0.6) is 0 Å². The highest BCUT2D eigenvalue weighted by Gasteiger charge is 2.47. The SMILES string of the molecule is CC1(C)C[C@](C#N)(O[Si](C)(C)C)CO1. The van der Waals surface area contributed by atoms with Crippen LogP contribution in [0.2, 0.25) is 19.6 Å². The van der Waals surface area contributed by atoms with Gasteiger partial charge in [0.1, 0.15) is 0 Å². The molecule has 1 rings (SSSR count). The van der Waals surface area contributed by atoms with E-state index < -0.39 is 13.9 Å². The Morgan fingerprint density at radius 2 is 1.93 bits per heavy atom. The Morgan fingerprint density at radius 3 is 2.21 bits per heavy atom. The molecule has 4 heteroatoms. The predicted octanol–water partition coefficient (Wildman–Crippen LogP) is 2.30. The maximum absolute atomic E-state index is 9.18. The standard InChI is InChI=1S/C10H19NO2Si/c1-9(2)6-10(7-11,8-12-9)13-14(3,4)5/h6,8H2,1-5H3/t10-/m1/s1. The first-order chi connectivity index (χ1) is 6.18. The van der Waals surface area contributed by atoms with E-state index in [4.69, 9.17) is 9.16 Å². The fourth-order valence-electron chi connectivity index (χ4n) is 1.85. The van der Waals surface area contributed by atoms with Crippen LogP contribution in [0, 0.1) is 11.3 Å². The largest absolute Gasteiger partial charge is 0.398 e. The highest BCUT2D eigenvalue weighted by Crippen LogP contribution is 2.36. The van der Waals surface area contributed by atoms with Gasteiger partial charge in [-0.25, -0.2) is 0 Å². The molecule has 14 heavy (non-hydrogen) atoms. The normalized spacial score (nSPS) is 31.4. The smallest absolute Gasteiger partial charge is 0.186 e. The van der Waals surface area contributed by atoms with Crippen molar-refractivity contribution in [1.29, 1.82) is 5.26 Å². The summed E-state index contributed by atoms with van der Waals surface area (Å²) >= 11 is 0. The van der Waals surface area contributed by atoms with Gasteiger partial charge in [-0.1, -0.05) is 0 Å². The average molecular weight is 213 g/mol. The lowest BCUT2D eigenvalue weighted by Crippen LogP contribution is -2.42. The van der Waals surface area contributed by atoms with E-state index in [9.17, 15) is 5.26 Å². The number of nitrogens with zero attached hydrogens (tertiary/aromatic N) is 1. The molecule has 0 aromatic rings. The lowest BCUT2D eigenvalue weighted by molar-refractivity contribution is 0.0255. The highest BCUT2D eigenvalue weighted by molar-refractivity contribution is 6.69. The third kappa shape index (κ3) is 2.81. The van der Waals surface area contributed by atoms with E-state index in [0.29, 0.717) is 13.0 Å². The van der Waals surface area contributed by atoms with Gasteiger partial charge in [0.05, 0.1) is 18.3 Å². The molecule has 0 aromatic carbocycles. The quantitative estimate of drug-likeness (QED) is 0.661. The summed E-state index contributed by atoms with van der Waals surface area (Å²) in [6.45, 7) is 10.7. The van der Waals surface area contributed by atoms with Crippen LogP contribution in [-0.2, 0) is 9.16 Å². The Hall–Kier alpha value is -0.373. The molecule has 0 N–H and O–H groups in total. The second-order valence-corrected chi connectivity index (χ2v) is 9.97. The summed E-state index contributed by atoms with van der Waals surface area (Å²) < 4.78 is 11.5. The van der Waals surface area contributed by atoms with E-state index >= 15 is 0 Å². The van der Waals surface area contributed by atoms with Gasteiger partial charge in [-0.05, 0) is 33.5 Å². The summed E-state index contributed by atoms with van der Waals surface area (Å²) in [5.41, 5.74) is -0.927. The molecule has 0 aromatic heterocycles. The molecule has 1 fully saturated rings. The van der Waals surface area contributed by atoms with Crippen LogP contribution in [0.3, 0.4) is 0 Å². The summed E-state index contributed by atoms with van der Waals surface area (Å²) in [7, 11) is -1.68. The second kappa shape index (κ2) is 3.33. The first-order valence-corrected chi connectivity index (χ1v) is 8.34. The average Bonchev–Trinajstić information content (AvgIpc) is 2.24. The Balaban J connectivity index is 2.77. The van der Waals surface area contributed by atoms with Crippen LogP contribution in [0.15, 0.2) is 0 Å². The van der Waals surface area contributed by atoms with Gasteiger partial charge >= 0.3 is 0 Å². The van der Waals surface area contributed by atoms with E-state index in [1.165, 1.54) is 0 Å². The maximum atomic E-state index is 9.18. The number of ether oxygens (including phenoxy) is 1. The molecule has 1 saturated heterocycles. The molecule has 3 nitrogen and oxygen atoms in total. The molecule has 1 aliphatic heterocycles. The van der Waals surface area contributed by atoms with Crippen molar-refractivity contribution in [2.45, 2.75) is 51.1 Å². The lowest BCUT2D eigenvalue weighted by atomic mass is 9.95. The summed E-state index contributed by atoms with van der Waals surface area (Å²) in [6, 6.07) is 2.28. The Kier molecular flexibility index (Phi) is 2.79. The van der Waals surface area contributed by atoms with Crippen molar-refractivity contribution in [3.63, 3.8) is 0 Å². The maximum Gasteiger partial charge on any atom is 0.186 e. The zero-order valence-corrected chi connectivity index (χ0v) is 10.7. The van der Waals surface area contributed by atoms with Crippen molar-refractivity contribution >= 4 is 8.32 Å². The van der Waals surface area contributed by atoms with E-state index in [-0.39, 0.29) is 5.60 Å². The second-order valence-electron chi connectivity index (χ2n) is 5.55. The van der Waals surface area contributed by atoms with Crippen LogP contribution in [-0.4, -0.2) is 26.1 Å². The predicted molar refractivity (Wildman–Crippen MR) is 57.4 cm³/mol. The minimum Gasteiger partial charge on any atom is -0.398 e. The number of nitriles is 1. The first-order valence-electron chi connectivity index (χ1n) is 4.94. The third-order valence-corrected chi connectivity index (χ3v) is 3.12. The summed E-state index contributed by atoms with van der Waals surface area (Å²) in [5.74, 6) is 0. The van der Waals surface area contributed by atoms with Crippen molar-refractivity contribution < 1.29 is 9.16 Å². The molecule has 0 saturated carbocycles. The highest BCUT2D eigenvalue weighted by atomic mass is 28.4. The molecule has 0 unspecified atom stereocenters. The molecule has 1 heterocycles. The van der Waals surface area contributed by atoms with Gasteiger partial charge in [0.2, 0.25) is 0 Å². The summed E-state index contributed by atoms with van der Waals surface area (Å²) in [4.78, 5) is 0. The van der Waals surface area contributed by atoms with E-state index in [0.717, 1.165) is 0 Å². The van der Waals surface area contributed by atoms with Crippen molar-refractivity contribution in [3.8, 4) is 6.07 Å². The zero-order valence-electron chi connectivity index (χ0n) is 9.68. The van der Waals surface area contributed by atoms with Crippen molar-refractivity contribution in [2.75, 3.05) is 6.61 Å². The van der Waals surface area contributed by atoms with Crippen LogP contribution >= 0.6 is 0 Å². The van der Waals surface area contributed by atoms with E-state index in [2.05, 4.69) is 25.7 Å². The van der Waals surface area contributed by atoms with Crippen molar-refractivity contribution in [3.05, 3.63) is 0 Å². The topological polar surface area (TPSA) is 42.2 Å². The number of hydrogen-bond acceptors (Lipinski definition) is 3. The summed E-state index contributed by atoms with van der Waals surface area (Å²) in [6.07, 6.45) is 0.667. The van der Waals surface area contributed by atoms with Gasteiger partial charge in [-0.15, -0.1) is 0 Å². The third-order valence-electron chi connectivity index (χ3n) is 2.11. The molecule has 1 aliphatic rings. The summed E-state index contributed by atoms with van der Waals surface area (Å²) in [5, 5.41) is 9.18. The fourth-order valence-corrected chi connectivity index (χ4v) is 3.20. The molecule has 0 spiro atoms. The molecule has 0 amide bonds. The molecule has 1 atom stereocenters. The van der Waals surface area contributed by atoms with Crippen LogP contribution in [0.4, 0.5) is 0 Å². The number of hydrogen-bond donors (Lipinski definition) is 0. The number of rotatable bonds is 2. The molecular formula is C10H19NO2Si. The van der Waals surface area contributed by atoms with Gasteiger partial charge in [-0.3, -0.25) is 0 Å². The Morgan fingerprint density at radius 1 is 1.36 bits per heavy atom. The molecule has 80 valence electrons. The molecule has 0 radical (unpaired) electrons. The van der Waals surface area contributed by atoms with Crippen LogP contribution < -0.4 is 0 Å². The van der Waals surface area contributed by atoms with E-state index in [1.54, 1.807) is 0 Å². The van der Waals surface area contributed by atoms with Crippen LogP contribution in [0.1, 0.15) is 20.3 Å². The fraction of sp³-hybridized carbons (Fsp3) is 0.900. The Labute approximate surface area is 87.1 Å². The minimum atomic E-state index is -1.68. The molecule has 0 bridgehead atoms. The lowest BCUT2D eigenvalue weighted by Gasteiger charge is -2.29. The zero-order chi connectivity index (χ0) is 11.0. The van der Waals surface area contributed by atoms with Gasteiger partial charge in [0.25, 0.3) is 0 Å². The minimum absolute atomic E-state index is 0.227. The van der Waals surface area contributed by atoms with Gasteiger partial charge in [0.15, 0.2) is 13.9 Å².